The first-order chi connectivity index (χ1) is 15.1. The first-order valence-corrected chi connectivity index (χ1v) is 11.2. The van der Waals surface area contributed by atoms with Crippen LogP contribution in [0.2, 0.25) is 5.02 Å². The third-order valence-corrected chi connectivity index (χ3v) is 6.55. The molecule has 1 amide bonds. The Labute approximate surface area is 186 Å². The van der Waals surface area contributed by atoms with Crippen molar-refractivity contribution in [2.75, 3.05) is 29.4 Å². The van der Waals surface area contributed by atoms with Crippen molar-refractivity contribution >= 4 is 28.9 Å². The maximum Gasteiger partial charge on any atom is 0.232 e. The van der Waals surface area contributed by atoms with Crippen LogP contribution in [0.15, 0.2) is 53.1 Å². The Hall–Kier alpha value is -2.86. The normalized spacial score (nSPS) is 19.9. The summed E-state index contributed by atoms with van der Waals surface area (Å²) >= 11 is 6.08. The average molecular weight is 437 g/mol. The van der Waals surface area contributed by atoms with Gasteiger partial charge in [-0.1, -0.05) is 29.7 Å². The molecule has 2 aliphatic heterocycles. The summed E-state index contributed by atoms with van der Waals surface area (Å²) in [5, 5.41) is 4.78. The first-order valence-electron chi connectivity index (χ1n) is 10.8. The van der Waals surface area contributed by atoms with E-state index in [2.05, 4.69) is 34.1 Å². The lowest BCUT2D eigenvalue weighted by atomic mass is 9.98. The zero-order chi connectivity index (χ0) is 21.4. The number of hydrogen-bond donors (Lipinski definition) is 0. The molecule has 1 aromatic heterocycles. The molecule has 0 saturated carbocycles. The first kappa shape index (κ1) is 20.1. The number of anilines is 2. The van der Waals surface area contributed by atoms with Crippen molar-refractivity contribution in [1.82, 2.24) is 10.1 Å². The van der Waals surface area contributed by atoms with E-state index >= 15 is 0 Å². The minimum absolute atomic E-state index is 0.0345. The molecule has 31 heavy (non-hydrogen) atoms. The van der Waals surface area contributed by atoms with Gasteiger partial charge in [0, 0.05) is 48.0 Å². The van der Waals surface area contributed by atoms with Crippen LogP contribution in [0.3, 0.4) is 0 Å². The number of carbonyl (C=O) groups is 1. The Balaban J connectivity index is 1.28. The van der Waals surface area contributed by atoms with Gasteiger partial charge in [0.1, 0.15) is 0 Å². The van der Waals surface area contributed by atoms with Crippen molar-refractivity contribution in [1.29, 1.82) is 0 Å². The Bertz CT molecular complexity index is 1070. The van der Waals surface area contributed by atoms with Gasteiger partial charge in [0.15, 0.2) is 0 Å². The van der Waals surface area contributed by atoms with Crippen LogP contribution < -0.4 is 9.80 Å². The largest absolute Gasteiger partial charge is 0.372 e. The Morgan fingerprint density at radius 3 is 2.58 bits per heavy atom. The maximum atomic E-state index is 12.5. The molecule has 0 spiro atoms. The van der Waals surface area contributed by atoms with Gasteiger partial charge >= 0.3 is 0 Å². The van der Waals surface area contributed by atoms with Gasteiger partial charge < -0.3 is 14.3 Å². The summed E-state index contributed by atoms with van der Waals surface area (Å²) in [6, 6.07) is 15.7. The monoisotopic (exact) mass is 436 g/mol. The lowest BCUT2D eigenvalue weighted by Crippen LogP contribution is -2.32. The molecule has 5 rings (SSSR count). The smallest absolute Gasteiger partial charge is 0.232 e. The second kappa shape index (κ2) is 8.35. The molecule has 160 valence electrons. The lowest BCUT2D eigenvalue weighted by Gasteiger charge is -2.32. The number of halogens is 1. The molecule has 7 heteroatoms. The number of carbonyl (C=O) groups excluding carboxylic acids is 1. The predicted octanol–water partition coefficient (Wildman–Crippen LogP) is 5.15. The van der Waals surface area contributed by atoms with E-state index in [1.807, 2.05) is 24.3 Å². The van der Waals surface area contributed by atoms with E-state index in [1.165, 1.54) is 18.5 Å². The standard InChI is InChI=1S/C24H25ClN4O2/c1-16-9-11-28(12-10-16)20-7-5-17(6-8-20)23-26-24(31-27-23)18-13-22(30)29(15-18)21-4-2-3-19(25)14-21/h2-8,14,16,18H,9-13,15H2,1H3/t18-/m1/s1. The van der Waals surface area contributed by atoms with Crippen molar-refractivity contribution in [3.63, 3.8) is 0 Å². The number of benzene rings is 2. The highest BCUT2D eigenvalue weighted by Crippen LogP contribution is 2.33. The average Bonchev–Trinajstić information content (AvgIpc) is 3.41. The molecular weight excluding hydrogens is 412 g/mol. The molecule has 0 unspecified atom stereocenters. The van der Waals surface area contributed by atoms with Crippen LogP contribution >= 0.6 is 11.6 Å². The van der Waals surface area contributed by atoms with E-state index in [4.69, 9.17) is 16.1 Å². The van der Waals surface area contributed by atoms with Crippen LogP contribution in [0.25, 0.3) is 11.4 Å². The summed E-state index contributed by atoms with van der Waals surface area (Å²) in [4.78, 5) is 21.3. The SMILES string of the molecule is CC1CCN(c2ccc(-c3noc([C@@H]4CC(=O)N(c5cccc(Cl)c5)C4)n3)cc2)CC1. The van der Waals surface area contributed by atoms with Crippen LogP contribution in [0.4, 0.5) is 11.4 Å². The number of nitrogens with zero attached hydrogens (tertiary/aromatic N) is 4. The molecular formula is C24H25ClN4O2. The van der Waals surface area contributed by atoms with Crippen molar-refractivity contribution in [3.8, 4) is 11.4 Å². The van der Waals surface area contributed by atoms with Crippen molar-refractivity contribution in [3.05, 3.63) is 59.4 Å². The summed E-state index contributed by atoms with van der Waals surface area (Å²) in [5.74, 6) is 1.78. The maximum absolute atomic E-state index is 12.5. The van der Waals surface area contributed by atoms with Gasteiger partial charge in [-0.05, 0) is 61.2 Å². The minimum Gasteiger partial charge on any atom is -0.372 e. The fourth-order valence-electron chi connectivity index (χ4n) is 4.37. The molecule has 0 aliphatic carbocycles. The molecule has 0 bridgehead atoms. The fraction of sp³-hybridized carbons (Fsp3) is 0.375. The molecule has 0 radical (unpaired) electrons. The molecule has 3 aromatic rings. The fourth-order valence-corrected chi connectivity index (χ4v) is 4.56. The highest BCUT2D eigenvalue weighted by atomic mass is 35.5. The third-order valence-electron chi connectivity index (χ3n) is 6.31. The highest BCUT2D eigenvalue weighted by Gasteiger charge is 2.35. The Morgan fingerprint density at radius 2 is 1.84 bits per heavy atom. The topological polar surface area (TPSA) is 62.5 Å². The van der Waals surface area contributed by atoms with Crippen LogP contribution in [0.1, 0.15) is 38.0 Å². The van der Waals surface area contributed by atoms with Crippen LogP contribution in [-0.2, 0) is 4.79 Å². The Kier molecular flexibility index (Phi) is 5.40. The molecule has 0 N–H and O–H groups in total. The minimum atomic E-state index is -0.123. The highest BCUT2D eigenvalue weighted by molar-refractivity contribution is 6.30. The molecule has 2 aliphatic rings. The second-order valence-corrected chi connectivity index (χ2v) is 8.99. The zero-order valence-electron chi connectivity index (χ0n) is 17.5. The Morgan fingerprint density at radius 1 is 1.06 bits per heavy atom. The van der Waals surface area contributed by atoms with E-state index in [9.17, 15) is 4.79 Å². The summed E-state index contributed by atoms with van der Waals surface area (Å²) in [5.41, 5.74) is 2.94. The molecule has 2 saturated heterocycles. The third kappa shape index (κ3) is 4.17. The van der Waals surface area contributed by atoms with Crippen LogP contribution in [0, 0.1) is 5.92 Å². The van der Waals surface area contributed by atoms with Gasteiger partial charge in [-0.2, -0.15) is 4.98 Å². The van der Waals surface area contributed by atoms with Gasteiger partial charge in [-0.3, -0.25) is 4.79 Å². The summed E-state index contributed by atoms with van der Waals surface area (Å²) in [7, 11) is 0. The number of hydrogen-bond acceptors (Lipinski definition) is 5. The van der Waals surface area contributed by atoms with Gasteiger partial charge in [0.2, 0.25) is 17.6 Å². The number of piperidine rings is 1. The van der Waals surface area contributed by atoms with Gasteiger partial charge in [0.25, 0.3) is 0 Å². The summed E-state index contributed by atoms with van der Waals surface area (Å²) < 4.78 is 5.54. The molecule has 2 fully saturated rings. The quantitative estimate of drug-likeness (QED) is 0.566. The van der Waals surface area contributed by atoms with Gasteiger partial charge in [0.05, 0.1) is 5.92 Å². The summed E-state index contributed by atoms with van der Waals surface area (Å²) in [6.45, 7) is 5.03. The second-order valence-electron chi connectivity index (χ2n) is 8.56. The number of amides is 1. The van der Waals surface area contributed by atoms with E-state index < -0.39 is 0 Å². The van der Waals surface area contributed by atoms with Gasteiger partial charge in [-0.25, -0.2) is 0 Å². The van der Waals surface area contributed by atoms with E-state index in [1.54, 1.807) is 17.0 Å². The molecule has 6 nitrogen and oxygen atoms in total. The van der Waals surface area contributed by atoms with E-state index in [0.29, 0.717) is 29.7 Å². The van der Waals surface area contributed by atoms with Crippen molar-refractivity contribution in [2.45, 2.75) is 32.1 Å². The number of rotatable bonds is 4. The van der Waals surface area contributed by atoms with Crippen LogP contribution in [0.5, 0.6) is 0 Å². The van der Waals surface area contributed by atoms with Crippen molar-refractivity contribution < 1.29 is 9.32 Å². The molecule has 3 heterocycles. The predicted molar refractivity (Wildman–Crippen MR) is 122 cm³/mol. The zero-order valence-corrected chi connectivity index (χ0v) is 18.3. The molecule has 1 atom stereocenters. The lowest BCUT2D eigenvalue weighted by molar-refractivity contribution is -0.117. The van der Waals surface area contributed by atoms with E-state index in [-0.39, 0.29) is 11.8 Å². The van der Waals surface area contributed by atoms with Crippen LogP contribution in [-0.4, -0.2) is 35.7 Å². The molecule has 2 aromatic carbocycles. The van der Waals surface area contributed by atoms with Gasteiger partial charge in [-0.15, -0.1) is 0 Å². The summed E-state index contributed by atoms with van der Waals surface area (Å²) in [6.07, 6.45) is 2.82. The number of aromatic nitrogens is 2. The van der Waals surface area contributed by atoms with E-state index in [0.717, 1.165) is 30.3 Å². The van der Waals surface area contributed by atoms with Crippen molar-refractivity contribution in [2.24, 2.45) is 5.92 Å².